The van der Waals surface area contributed by atoms with Gasteiger partial charge in [0.05, 0.1) is 4.88 Å². The Labute approximate surface area is 124 Å². The molecule has 3 aromatic heterocycles. The molecule has 4 heterocycles. The Balaban J connectivity index is 1.59. The minimum atomic E-state index is 0.328. The van der Waals surface area contributed by atoms with Crippen molar-refractivity contribution in [1.82, 2.24) is 15.2 Å². The van der Waals surface area contributed by atoms with E-state index in [-0.39, 0.29) is 0 Å². The highest BCUT2D eigenvalue weighted by molar-refractivity contribution is 7.28. The quantitative estimate of drug-likeness (QED) is 0.763. The molecule has 3 aromatic rings. The lowest BCUT2D eigenvalue weighted by Gasteiger charge is -2.28. The average molecular weight is 305 g/mol. The van der Waals surface area contributed by atoms with Gasteiger partial charge < -0.3 is 10.6 Å². The van der Waals surface area contributed by atoms with Crippen LogP contribution in [0.15, 0.2) is 17.5 Å². The van der Waals surface area contributed by atoms with E-state index >= 15 is 0 Å². The third-order valence-corrected chi connectivity index (χ3v) is 5.77. The molecule has 0 atom stereocenters. The molecule has 1 saturated heterocycles. The van der Waals surface area contributed by atoms with Gasteiger partial charge in [0.15, 0.2) is 5.82 Å². The molecule has 0 amide bonds. The molecule has 0 unspecified atom stereocenters. The molecule has 1 aliphatic rings. The van der Waals surface area contributed by atoms with Crippen LogP contribution >= 0.6 is 22.7 Å². The highest BCUT2D eigenvalue weighted by Gasteiger charge is 2.20. The van der Waals surface area contributed by atoms with E-state index in [0.717, 1.165) is 42.6 Å². The number of thiophene rings is 2. The summed E-state index contributed by atoms with van der Waals surface area (Å²) >= 11 is 3.52. The van der Waals surface area contributed by atoms with Gasteiger partial charge in [-0.2, -0.15) is 4.98 Å². The Bertz CT molecular complexity index is 691. The molecular formula is C13H15N5S2. The fourth-order valence-corrected chi connectivity index (χ4v) is 4.53. The van der Waals surface area contributed by atoms with E-state index in [0.29, 0.717) is 6.04 Å². The van der Waals surface area contributed by atoms with E-state index in [9.17, 15) is 0 Å². The van der Waals surface area contributed by atoms with Crippen LogP contribution in [-0.4, -0.2) is 34.3 Å². The first kappa shape index (κ1) is 12.3. The van der Waals surface area contributed by atoms with E-state index in [1.54, 1.807) is 22.7 Å². The lowest BCUT2D eigenvalue weighted by molar-refractivity contribution is 0.496. The van der Waals surface area contributed by atoms with Gasteiger partial charge in [0, 0.05) is 28.5 Å². The van der Waals surface area contributed by atoms with Crippen LogP contribution in [-0.2, 0) is 0 Å². The molecule has 4 rings (SSSR count). The Morgan fingerprint density at radius 2 is 2.15 bits per heavy atom. The van der Waals surface area contributed by atoms with Crippen LogP contribution in [0.5, 0.6) is 0 Å². The molecule has 0 spiro atoms. The summed E-state index contributed by atoms with van der Waals surface area (Å²) in [6, 6.07) is 4.66. The van der Waals surface area contributed by atoms with Gasteiger partial charge >= 0.3 is 0 Å². The number of anilines is 1. The maximum Gasteiger partial charge on any atom is 0.245 e. The first-order valence-electron chi connectivity index (χ1n) is 6.70. The van der Waals surface area contributed by atoms with Crippen molar-refractivity contribution in [3.8, 4) is 10.7 Å². The zero-order valence-corrected chi connectivity index (χ0v) is 12.5. The van der Waals surface area contributed by atoms with Gasteiger partial charge in [-0.25, -0.2) is 0 Å². The summed E-state index contributed by atoms with van der Waals surface area (Å²) in [5.41, 5.74) is 5.93. The topological polar surface area (TPSA) is 70.8 Å². The molecule has 7 heteroatoms. The molecule has 0 bridgehead atoms. The third-order valence-electron chi connectivity index (χ3n) is 3.67. The van der Waals surface area contributed by atoms with Crippen LogP contribution < -0.4 is 10.6 Å². The predicted molar refractivity (Wildman–Crippen MR) is 84.5 cm³/mol. The van der Waals surface area contributed by atoms with Crippen molar-refractivity contribution >= 4 is 38.0 Å². The molecule has 0 aromatic carbocycles. The highest BCUT2D eigenvalue weighted by atomic mass is 32.1. The number of aromatic nitrogens is 3. The van der Waals surface area contributed by atoms with Gasteiger partial charge in [-0.15, -0.1) is 27.8 Å². The lowest BCUT2D eigenvalue weighted by Crippen LogP contribution is -2.40. The molecule has 0 radical (unpaired) electrons. The predicted octanol–water partition coefficient (Wildman–Crippen LogP) is 2.68. The summed E-state index contributed by atoms with van der Waals surface area (Å²) in [6.07, 6.45) is 2.03. The molecule has 104 valence electrons. The van der Waals surface area contributed by atoms with Crippen LogP contribution in [0.1, 0.15) is 12.8 Å². The smallest absolute Gasteiger partial charge is 0.245 e. The third kappa shape index (κ3) is 2.11. The van der Waals surface area contributed by atoms with Crippen molar-refractivity contribution in [3.05, 3.63) is 17.5 Å². The summed E-state index contributed by atoms with van der Waals surface area (Å²) in [5, 5.41) is 9.54. The van der Waals surface area contributed by atoms with Gasteiger partial charge in [0.2, 0.25) is 5.95 Å². The number of aromatic amines is 1. The zero-order valence-electron chi connectivity index (χ0n) is 10.9. The number of nitrogens with zero attached hydrogens (tertiary/aromatic N) is 3. The fourth-order valence-electron chi connectivity index (χ4n) is 2.49. The minimum Gasteiger partial charge on any atom is -0.339 e. The van der Waals surface area contributed by atoms with Crippen LogP contribution in [0.25, 0.3) is 20.1 Å². The van der Waals surface area contributed by atoms with Crippen LogP contribution in [0.2, 0.25) is 0 Å². The van der Waals surface area contributed by atoms with Crippen molar-refractivity contribution in [2.45, 2.75) is 18.9 Å². The maximum absolute atomic E-state index is 5.93. The first-order valence-corrected chi connectivity index (χ1v) is 8.39. The van der Waals surface area contributed by atoms with E-state index in [4.69, 9.17) is 5.73 Å². The van der Waals surface area contributed by atoms with Crippen molar-refractivity contribution in [3.63, 3.8) is 0 Å². The number of nitrogens with two attached hydrogens (primary N) is 1. The first-order chi connectivity index (χ1) is 9.79. The number of hydrogen-bond donors (Lipinski definition) is 2. The SMILES string of the molecule is NC1CCN(c2n[nH]c(-c3cc4sccc4s3)n2)CC1. The van der Waals surface area contributed by atoms with Crippen LogP contribution in [0.4, 0.5) is 5.95 Å². The Hall–Kier alpha value is -1.44. The Kier molecular flexibility index (Phi) is 2.98. The molecule has 5 nitrogen and oxygen atoms in total. The van der Waals surface area contributed by atoms with E-state index in [1.807, 2.05) is 0 Å². The number of H-pyrrole nitrogens is 1. The van der Waals surface area contributed by atoms with Crippen molar-refractivity contribution in [2.75, 3.05) is 18.0 Å². The normalized spacial score (nSPS) is 17.1. The van der Waals surface area contributed by atoms with Gasteiger partial charge in [-0.05, 0) is 30.4 Å². The molecule has 3 N–H and O–H groups in total. The largest absolute Gasteiger partial charge is 0.339 e. The second-order valence-corrected chi connectivity index (χ2v) is 7.10. The number of nitrogens with one attached hydrogen (secondary N) is 1. The maximum atomic E-state index is 5.93. The van der Waals surface area contributed by atoms with Crippen LogP contribution in [0, 0.1) is 0 Å². The van der Waals surface area contributed by atoms with Gasteiger partial charge in [0.25, 0.3) is 0 Å². The minimum absolute atomic E-state index is 0.328. The molecule has 1 fully saturated rings. The second-order valence-electron chi connectivity index (χ2n) is 5.07. The molecular weight excluding hydrogens is 290 g/mol. The summed E-state index contributed by atoms with van der Waals surface area (Å²) in [6.45, 7) is 1.88. The number of rotatable bonds is 2. The summed E-state index contributed by atoms with van der Waals surface area (Å²) in [4.78, 5) is 8.00. The van der Waals surface area contributed by atoms with E-state index < -0.39 is 0 Å². The lowest BCUT2D eigenvalue weighted by atomic mass is 10.1. The molecule has 1 aliphatic heterocycles. The van der Waals surface area contributed by atoms with Crippen molar-refractivity contribution < 1.29 is 0 Å². The second kappa shape index (κ2) is 4.83. The zero-order chi connectivity index (χ0) is 13.5. The molecule has 0 saturated carbocycles. The number of hydrogen-bond acceptors (Lipinski definition) is 6. The number of fused-ring (bicyclic) bond motifs is 1. The van der Waals surface area contributed by atoms with Gasteiger partial charge in [-0.1, -0.05) is 0 Å². The fraction of sp³-hybridized carbons (Fsp3) is 0.385. The highest BCUT2D eigenvalue weighted by Crippen LogP contribution is 2.35. The monoisotopic (exact) mass is 305 g/mol. The number of piperidine rings is 1. The van der Waals surface area contributed by atoms with E-state index in [1.165, 1.54) is 9.40 Å². The standard InChI is InChI=1S/C13H15N5S2/c14-8-1-4-18(5-2-8)13-15-12(16-17-13)11-7-10-9(20-11)3-6-19-10/h3,6-8H,1-2,4-5,14H2,(H,15,16,17). The van der Waals surface area contributed by atoms with Crippen molar-refractivity contribution in [2.24, 2.45) is 5.73 Å². The van der Waals surface area contributed by atoms with Crippen LogP contribution in [0.3, 0.4) is 0 Å². The van der Waals surface area contributed by atoms with E-state index in [2.05, 4.69) is 37.6 Å². The summed E-state index contributed by atoms with van der Waals surface area (Å²) in [7, 11) is 0. The van der Waals surface area contributed by atoms with Crippen molar-refractivity contribution in [1.29, 1.82) is 0 Å². The molecule has 20 heavy (non-hydrogen) atoms. The summed E-state index contributed by atoms with van der Waals surface area (Å²) < 4.78 is 2.62. The molecule has 0 aliphatic carbocycles. The van der Waals surface area contributed by atoms with Gasteiger partial charge in [0.1, 0.15) is 0 Å². The van der Waals surface area contributed by atoms with Gasteiger partial charge in [-0.3, -0.25) is 5.10 Å². The Morgan fingerprint density at radius 1 is 1.30 bits per heavy atom. The average Bonchev–Trinajstić information content (AvgIpc) is 3.14. The Morgan fingerprint density at radius 3 is 2.95 bits per heavy atom. The summed E-state index contributed by atoms with van der Waals surface area (Å²) in [5.74, 6) is 1.66.